The van der Waals surface area contributed by atoms with Crippen molar-refractivity contribution in [1.29, 1.82) is 0 Å². The number of carbonyl (C=O) groups excluding carboxylic acids is 1. The molecular weight excluding hydrogens is 509 g/mol. The number of hydrogen-bond donors (Lipinski definition) is 3. The average molecular weight is 536 g/mol. The number of aliphatic hydroxyl groups is 1. The third-order valence-corrected chi connectivity index (χ3v) is 8.26. The lowest BCUT2D eigenvalue weighted by Crippen LogP contribution is -2.51. The number of aromatic amines is 1. The molecule has 0 aliphatic carbocycles. The van der Waals surface area contributed by atoms with Crippen molar-refractivity contribution in [2.75, 3.05) is 6.54 Å². The number of alkyl halides is 1. The molecule has 1 fully saturated rings. The van der Waals surface area contributed by atoms with E-state index in [1.165, 1.54) is 6.20 Å². The van der Waals surface area contributed by atoms with Crippen LogP contribution in [-0.4, -0.2) is 45.0 Å². The third-order valence-electron chi connectivity index (χ3n) is 7.07. The van der Waals surface area contributed by atoms with E-state index in [0.29, 0.717) is 6.42 Å². The minimum Gasteiger partial charge on any atom is -0.383 e. The van der Waals surface area contributed by atoms with Crippen molar-refractivity contribution >= 4 is 17.7 Å². The van der Waals surface area contributed by atoms with Crippen LogP contribution in [0.3, 0.4) is 0 Å². The van der Waals surface area contributed by atoms with E-state index in [0.717, 1.165) is 25.5 Å². The Kier molecular flexibility index (Phi) is 7.01. The fourth-order valence-electron chi connectivity index (χ4n) is 5.04. The van der Waals surface area contributed by atoms with Gasteiger partial charge in [0.1, 0.15) is 11.7 Å². The lowest BCUT2D eigenvalue weighted by Gasteiger charge is -2.30. The average Bonchev–Trinajstić information content (AvgIpc) is 3.15. The standard InChI is InChI=1S/C28H26FN3O5S/c1-3-13-28(36)21(37-26(23(28)29)32-15-16(4-2)24(33)31-27(32)35)14-30-25(34)22-17-9-5-7-11-19(17)38-20-12-8-6-10-18(20)22/h1,5-12,15,21-23,26,36H,4,13-14H2,2H3,(H,30,34)(H,31,33,35)/t21-,23+,26-,28-/m1/s1. The lowest BCUT2D eigenvalue weighted by atomic mass is 9.88. The van der Waals surface area contributed by atoms with Crippen LogP contribution in [0.25, 0.3) is 0 Å². The summed E-state index contributed by atoms with van der Waals surface area (Å²) in [5, 5.41) is 14.1. The number of terminal acetylenes is 1. The van der Waals surface area contributed by atoms with Gasteiger partial charge < -0.3 is 15.2 Å². The van der Waals surface area contributed by atoms with Crippen molar-refractivity contribution in [3.8, 4) is 12.3 Å². The van der Waals surface area contributed by atoms with E-state index in [4.69, 9.17) is 11.2 Å². The van der Waals surface area contributed by atoms with Crippen LogP contribution in [0.5, 0.6) is 0 Å². The molecule has 10 heteroatoms. The number of H-pyrrole nitrogens is 1. The molecule has 0 unspecified atom stereocenters. The maximum absolute atomic E-state index is 15.7. The highest BCUT2D eigenvalue weighted by Gasteiger charge is 2.57. The van der Waals surface area contributed by atoms with Gasteiger partial charge in [-0.05, 0) is 29.7 Å². The Balaban J connectivity index is 1.43. The molecule has 2 aliphatic heterocycles. The summed E-state index contributed by atoms with van der Waals surface area (Å²) in [6.45, 7) is 1.47. The summed E-state index contributed by atoms with van der Waals surface area (Å²) in [5.74, 6) is 1.32. The zero-order valence-corrected chi connectivity index (χ0v) is 21.3. The molecule has 1 saturated heterocycles. The Morgan fingerprint density at radius 1 is 1.21 bits per heavy atom. The molecule has 2 aliphatic rings. The summed E-state index contributed by atoms with van der Waals surface area (Å²) in [6, 6.07) is 15.2. The molecule has 3 aromatic rings. The molecule has 0 saturated carbocycles. The first-order chi connectivity index (χ1) is 18.3. The van der Waals surface area contributed by atoms with E-state index < -0.39 is 47.7 Å². The van der Waals surface area contributed by atoms with Crippen LogP contribution >= 0.6 is 11.8 Å². The smallest absolute Gasteiger partial charge is 0.330 e. The van der Waals surface area contributed by atoms with Crippen molar-refractivity contribution in [1.82, 2.24) is 14.9 Å². The molecule has 0 radical (unpaired) electrons. The quantitative estimate of drug-likeness (QED) is 0.418. The molecule has 8 nitrogen and oxygen atoms in total. The largest absolute Gasteiger partial charge is 0.383 e. The van der Waals surface area contributed by atoms with Gasteiger partial charge in [-0.1, -0.05) is 55.1 Å². The summed E-state index contributed by atoms with van der Waals surface area (Å²) in [6.07, 6.45) is 1.66. The molecule has 0 spiro atoms. The minimum absolute atomic E-state index is 0.249. The highest BCUT2D eigenvalue weighted by molar-refractivity contribution is 7.99. The van der Waals surface area contributed by atoms with Crippen LogP contribution in [0.1, 0.15) is 42.2 Å². The summed E-state index contributed by atoms with van der Waals surface area (Å²) in [7, 11) is 0. The first-order valence-electron chi connectivity index (χ1n) is 12.2. The molecule has 196 valence electrons. The van der Waals surface area contributed by atoms with E-state index in [1.807, 2.05) is 48.5 Å². The van der Waals surface area contributed by atoms with Gasteiger partial charge in [0.15, 0.2) is 12.4 Å². The van der Waals surface area contributed by atoms with Gasteiger partial charge in [-0.2, -0.15) is 0 Å². The molecule has 5 rings (SSSR count). The van der Waals surface area contributed by atoms with Crippen molar-refractivity contribution in [2.45, 2.75) is 59.6 Å². The van der Waals surface area contributed by atoms with Gasteiger partial charge in [-0.15, -0.1) is 12.3 Å². The van der Waals surface area contributed by atoms with Gasteiger partial charge >= 0.3 is 5.69 Å². The summed E-state index contributed by atoms with van der Waals surface area (Å²) in [5.41, 5.74) is -1.68. The first-order valence-corrected chi connectivity index (χ1v) is 13.0. The number of nitrogens with one attached hydrogen (secondary N) is 2. The van der Waals surface area contributed by atoms with Crippen LogP contribution in [0, 0.1) is 12.3 Å². The third kappa shape index (κ3) is 4.36. The summed E-state index contributed by atoms with van der Waals surface area (Å²) >= 11 is 1.58. The minimum atomic E-state index is -2.17. The van der Waals surface area contributed by atoms with Gasteiger partial charge in [-0.3, -0.25) is 19.1 Å². The number of fused-ring (bicyclic) bond motifs is 2. The van der Waals surface area contributed by atoms with E-state index in [-0.39, 0.29) is 18.0 Å². The molecule has 2 aromatic carbocycles. The van der Waals surface area contributed by atoms with Gasteiger partial charge in [0.25, 0.3) is 5.56 Å². The van der Waals surface area contributed by atoms with Crippen LogP contribution in [0.2, 0.25) is 0 Å². The van der Waals surface area contributed by atoms with Crippen LogP contribution in [-0.2, 0) is 16.0 Å². The van der Waals surface area contributed by atoms with Crippen molar-refractivity contribution < 1.29 is 19.0 Å². The van der Waals surface area contributed by atoms with Gasteiger partial charge in [0, 0.05) is 34.5 Å². The normalized spacial score (nSPS) is 24.3. The molecule has 0 bridgehead atoms. The van der Waals surface area contributed by atoms with Crippen LogP contribution in [0.15, 0.2) is 74.1 Å². The second-order valence-electron chi connectivity index (χ2n) is 9.32. The Hall–Kier alpha value is -3.65. The number of hydrogen-bond acceptors (Lipinski definition) is 6. The van der Waals surface area contributed by atoms with E-state index in [9.17, 15) is 19.5 Å². The molecule has 3 N–H and O–H groups in total. The molecule has 38 heavy (non-hydrogen) atoms. The maximum Gasteiger partial charge on any atom is 0.330 e. The number of rotatable bonds is 6. The molecule has 1 amide bonds. The van der Waals surface area contributed by atoms with E-state index in [2.05, 4.69) is 16.2 Å². The zero-order valence-electron chi connectivity index (χ0n) is 20.5. The Labute approximate surface area is 222 Å². The highest BCUT2D eigenvalue weighted by Crippen LogP contribution is 2.46. The maximum atomic E-state index is 15.7. The fourth-order valence-corrected chi connectivity index (χ4v) is 6.18. The monoisotopic (exact) mass is 535 g/mol. The molecule has 1 aromatic heterocycles. The second-order valence-corrected chi connectivity index (χ2v) is 10.4. The molecule has 4 atom stereocenters. The van der Waals surface area contributed by atoms with Crippen molar-refractivity contribution in [3.63, 3.8) is 0 Å². The highest BCUT2D eigenvalue weighted by atomic mass is 32.2. The van der Waals surface area contributed by atoms with Crippen LogP contribution < -0.4 is 16.6 Å². The van der Waals surface area contributed by atoms with Crippen molar-refractivity contribution in [2.24, 2.45) is 0 Å². The topological polar surface area (TPSA) is 113 Å². The second kappa shape index (κ2) is 10.3. The lowest BCUT2D eigenvalue weighted by molar-refractivity contribution is -0.123. The summed E-state index contributed by atoms with van der Waals surface area (Å²) < 4.78 is 22.5. The molecular formula is C28H26FN3O5S. The van der Waals surface area contributed by atoms with Gasteiger partial charge in [-0.25, -0.2) is 9.18 Å². The number of amides is 1. The number of aryl methyl sites for hydroxylation is 1. The fraction of sp³-hybridized carbons (Fsp3) is 0.321. The number of aromatic nitrogens is 2. The van der Waals surface area contributed by atoms with E-state index in [1.54, 1.807) is 18.7 Å². The Bertz CT molecular complexity index is 1500. The first kappa shape index (κ1) is 26.0. The predicted molar refractivity (Wildman–Crippen MR) is 140 cm³/mol. The van der Waals surface area contributed by atoms with Gasteiger partial charge in [0.05, 0.1) is 5.92 Å². The summed E-state index contributed by atoms with van der Waals surface area (Å²) in [4.78, 5) is 42.1. The Morgan fingerprint density at radius 2 is 1.84 bits per heavy atom. The molecule has 3 heterocycles. The predicted octanol–water partition coefficient (Wildman–Crippen LogP) is 2.50. The SMILES string of the molecule is C#CC[C@@]1(O)[C@@H](CNC(=O)C2c3ccccc3Sc3ccccc32)O[C@@H](n2cc(CC)c(=O)[nH]c2=O)[C@@H]1F. The number of nitrogens with zero attached hydrogens (tertiary/aromatic N) is 1. The van der Waals surface area contributed by atoms with Crippen molar-refractivity contribution in [3.05, 3.63) is 92.3 Å². The van der Waals surface area contributed by atoms with Gasteiger partial charge in [0.2, 0.25) is 5.91 Å². The number of benzene rings is 2. The number of carbonyl (C=O) groups is 1. The van der Waals surface area contributed by atoms with E-state index >= 15 is 4.39 Å². The number of halogens is 1. The number of ether oxygens (including phenoxy) is 1. The zero-order chi connectivity index (χ0) is 27.0. The Morgan fingerprint density at radius 3 is 2.45 bits per heavy atom. The van der Waals surface area contributed by atoms with Crippen LogP contribution in [0.4, 0.5) is 4.39 Å².